The molecule has 1 aliphatic heterocycles. The van der Waals surface area contributed by atoms with Gasteiger partial charge in [0.15, 0.2) is 0 Å². The van der Waals surface area contributed by atoms with E-state index in [0.29, 0.717) is 24.2 Å². The zero-order valence-electron chi connectivity index (χ0n) is 14.1. The average molecular weight is 343 g/mol. The first-order chi connectivity index (χ1) is 11.3. The molecule has 0 amide bonds. The molecule has 1 N–H and O–H groups in total. The van der Waals surface area contributed by atoms with Gasteiger partial charge in [-0.05, 0) is 42.8 Å². The molecule has 2 aromatic rings. The molecule has 0 saturated heterocycles. The van der Waals surface area contributed by atoms with E-state index in [0.717, 1.165) is 10.6 Å². The van der Waals surface area contributed by atoms with E-state index in [1.165, 1.54) is 0 Å². The van der Waals surface area contributed by atoms with Crippen LogP contribution < -0.4 is 0 Å². The molecule has 126 valence electrons. The Kier molecular flexibility index (Phi) is 4.30. The Bertz CT molecular complexity index is 784. The molecular formula is C19H21NO3S. The molecule has 1 aliphatic rings. The summed E-state index contributed by atoms with van der Waals surface area (Å²) < 4.78 is 1.97. The van der Waals surface area contributed by atoms with Gasteiger partial charge < -0.3 is 9.67 Å². The molecule has 0 radical (unpaired) electrons. The van der Waals surface area contributed by atoms with E-state index in [4.69, 9.17) is 0 Å². The number of carbonyl (C=O) groups is 2. The molecule has 1 aromatic heterocycles. The summed E-state index contributed by atoms with van der Waals surface area (Å²) in [4.78, 5) is 25.2. The summed E-state index contributed by atoms with van der Waals surface area (Å²) in [5, 5.41) is 9.25. The summed E-state index contributed by atoms with van der Waals surface area (Å²) in [5.41, 5.74) is 1.93. The number of aromatic nitrogens is 1. The maximum absolute atomic E-state index is 12.8. The molecule has 0 saturated carbocycles. The second-order valence-corrected chi connectivity index (χ2v) is 8.94. The second-order valence-electron chi connectivity index (χ2n) is 7.04. The predicted octanol–water partition coefficient (Wildman–Crippen LogP) is 4.18. The third-order valence-electron chi connectivity index (χ3n) is 4.08. The van der Waals surface area contributed by atoms with E-state index in [-0.39, 0.29) is 10.5 Å². The quantitative estimate of drug-likeness (QED) is 0.668. The van der Waals surface area contributed by atoms with Gasteiger partial charge in [0.05, 0.1) is 11.6 Å². The molecular weight excluding hydrogens is 322 g/mol. The standard InChI is InChI=1S/C19H21NO3S/c1-19(2,3)24-13-6-4-12(5-7-13)17(21)16-9-8-15-14(18(22)23)10-11-20(15)16/h4-9,14H,10-11H2,1-3H3,(H,22,23). The highest BCUT2D eigenvalue weighted by atomic mass is 32.2. The molecule has 5 heteroatoms. The van der Waals surface area contributed by atoms with Crippen molar-refractivity contribution in [3.8, 4) is 0 Å². The smallest absolute Gasteiger partial charge is 0.312 e. The Hall–Kier alpha value is -2.01. The highest BCUT2D eigenvalue weighted by Crippen LogP contribution is 2.33. The second kappa shape index (κ2) is 6.13. The summed E-state index contributed by atoms with van der Waals surface area (Å²) in [6.45, 7) is 7.04. The Morgan fingerprint density at radius 2 is 1.79 bits per heavy atom. The van der Waals surface area contributed by atoms with Crippen LogP contribution in [0.5, 0.6) is 0 Å². The number of nitrogens with zero attached hydrogens (tertiary/aromatic N) is 1. The average Bonchev–Trinajstić information content (AvgIpc) is 3.06. The van der Waals surface area contributed by atoms with E-state index in [9.17, 15) is 14.7 Å². The fraction of sp³-hybridized carbons (Fsp3) is 0.368. The van der Waals surface area contributed by atoms with Gasteiger partial charge in [0.1, 0.15) is 0 Å². The Morgan fingerprint density at radius 1 is 1.12 bits per heavy atom. The number of carboxylic acid groups (broad SMARTS) is 1. The first-order valence-corrected chi connectivity index (χ1v) is 8.84. The van der Waals surface area contributed by atoms with Crippen molar-refractivity contribution in [3.63, 3.8) is 0 Å². The van der Waals surface area contributed by atoms with Gasteiger partial charge in [-0.25, -0.2) is 0 Å². The van der Waals surface area contributed by atoms with Gasteiger partial charge in [0.25, 0.3) is 0 Å². The molecule has 1 unspecified atom stereocenters. The van der Waals surface area contributed by atoms with Gasteiger partial charge in [-0.1, -0.05) is 20.8 Å². The van der Waals surface area contributed by atoms with Crippen molar-refractivity contribution in [3.05, 3.63) is 53.3 Å². The first kappa shape index (κ1) is 16.8. The number of carbonyl (C=O) groups excluding carboxylic acids is 1. The predicted molar refractivity (Wildman–Crippen MR) is 94.9 cm³/mol. The molecule has 0 fully saturated rings. The van der Waals surface area contributed by atoms with Crippen LogP contribution in [0, 0.1) is 0 Å². The molecule has 0 aliphatic carbocycles. The van der Waals surface area contributed by atoms with Crippen molar-refractivity contribution in [2.24, 2.45) is 0 Å². The molecule has 0 spiro atoms. The minimum Gasteiger partial charge on any atom is -0.481 e. The fourth-order valence-corrected chi connectivity index (χ4v) is 4.05. The molecule has 2 heterocycles. The maximum Gasteiger partial charge on any atom is 0.312 e. The molecule has 3 rings (SSSR count). The fourth-order valence-electron chi connectivity index (χ4n) is 3.07. The van der Waals surface area contributed by atoms with Crippen molar-refractivity contribution < 1.29 is 14.7 Å². The van der Waals surface area contributed by atoms with E-state index in [1.54, 1.807) is 23.9 Å². The number of aliphatic carboxylic acids is 1. The lowest BCUT2D eigenvalue weighted by atomic mass is 10.1. The normalized spacial score (nSPS) is 16.9. The number of rotatable bonds is 4. The van der Waals surface area contributed by atoms with Crippen molar-refractivity contribution in [2.75, 3.05) is 0 Å². The molecule has 1 atom stereocenters. The Morgan fingerprint density at radius 3 is 2.38 bits per heavy atom. The molecule has 0 bridgehead atoms. The number of benzene rings is 1. The van der Waals surface area contributed by atoms with Gasteiger partial charge in [-0.2, -0.15) is 0 Å². The first-order valence-electron chi connectivity index (χ1n) is 8.02. The molecule has 4 nitrogen and oxygen atoms in total. The zero-order valence-corrected chi connectivity index (χ0v) is 14.9. The van der Waals surface area contributed by atoms with Gasteiger partial charge in [-0.15, -0.1) is 11.8 Å². The van der Waals surface area contributed by atoms with Gasteiger partial charge in [0, 0.05) is 27.4 Å². The number of ketones is 1. The topological polar surface area (TPSA) is 59.3 Å². The van der Waals surface area contributed by atoms with Crippen LogP contribution in [0.1, 0.15) is 54.9 Å². The monoisotopic (exact) mass is 343 g/mol. The van der Waals surface area contributed by atoms with E-state index in [2.05, 4.69) is 20.8 Å². The highest BCUT2D eigenvalue weighted by Gasteiger charge is 2.31. The lowest BCUT2D eigenvalue weighted by Crippen LogP contribution is -2.10. The Labute approximate surface area is 145 Å². The van der Waals surface area contributed by atoms with Crippen LogP contribution >= 0.6 is 11.8 Å². The van der Waals surface area contributed by atoms with Crippen LogP contribution in [0.4, 0.5) is 0 Å². The van der Waals surface area contributed by atoms with Crippen LogP contribution in [-0.4, -0.2) is 26.2 Å². The summed E-state index contributed by atoms with van der Waals surface area (Å²) in [6, 6.07) is 11.1. The van der Waals surface area contributed by atoms with Crippen LogP contribution in [0.25, 0.3) is 0 Å². The minimum absolute atomic E-state index is 0.0559. The number of hydrogen-bond acceptors (Lipinski definition) is 3. The number of hydrogen-bond donors (Lipinski definition) is 1. The SMILES string of the molecule is CC(C)(C)Sc1ccc(C(=O)c2ccc3n2CCC3C(=O)O)cc1. The van der Waals surface area contributed by atoms with Crippen LogP contribution in [0.15, 0.2) is 41.3 Å². The van der Waals surface area contributed by atoms with Crippen molar-refractivity contribution in [1.82, 2.24) is 4.57 Å². The van der Waals surface area contributed by atoms with Crippen molar-refractivity contribution in [1.29, 1.82) is 0 Å². The number of carboxylic acids is 1. The van der Waals surface area contributed by atoms with Gasteiger partial charge in [0.2, 0.25) is 5.78 Å². The van der Waals surface area contributed by atoms with Crippen LogP contribution in [0.3, 0.4) is 0 Å². The third kappa shape index (κ3) is 3.26. The zero-order chi connectivity index (χ0) is 17.5. The Balaban J connectivity index is 1.83. The number of fused-ring (bicyclic) bond motifs is 1. The minimum atomic E-state index is -0.825. The number of thioether (sulfide) groups is 1. The summed E-state index contributed by atoms with van der Waals surface area (Å²) in [7, 11) is 0. The van der Waals surface area contributed by atoms with Gasteiger partial charge >= 0.3 is 5.97 Å². The lowest BCUT2D eigenvalue weighted by Gasteiger charge is -2.17. The molecule has 1 aromatic carbocycles. The van der Waals surface area contributed by atoms with E-state index < -0.39 is 11.9 Å². The summed E-state index contributed by atoms with van der Waals surface area (Å²) in [6.07, 6.45) is 0.549. The summed E-state index contributed by atoms with van der Waals surface area (Å²) >= 11 is 1.76. The maximum atomic E-state index is 12.8. The molecule has 24 heavy (non-hydrogen) atoms. The largest absolute Gasteiger partial charge is 0.481 e. The van der Waals surface area contributed by atoms with Gasteiger partial charge in [-0.3, -0.25) is 9.59 Å². The van der Waals surface area contributed by atoms with E-state index in [1.807, 2.05) is 28.8 Å². The lowest BCUT2D eigenvalue weighted by molar-refractivity contribution is -0.138. The van der Waals surface area contributed by atoms with Crippen molar-refractivity contribution >= 4 is 23.5 Å². The van der Waals surface area contributed by atoms with Crippen LogP contribution in [-0.2, 0) is 11.3 Å². The van der Waals surface area contributed by atoms with Crippen LogP contribution in [0.2, 0.25) is 0 Å². The van der Waals surface area contributed by atoms with Crippen molar-refractivity contribution in [2.45, 2.75) is 49.3 Å². The highest BCUT2D eigenvalue weighted by molar-refractivity contribution is 8.00. The third-order valence-corrected chi connectivity index (χ3v) is 5.20. The summed E-state index contributed by atoms with van der Waals surface area (Å²) in [5.74, 6) is -1.38. The van der Waals surface area contributed by atoms with E-state index >= 15 is 0 Å².